The van der Waals surface area contributed by atoms with Crippen LogP contribution in [0.1, 0.15) is 31.7 Å². The van der Waals surface area contributed by atoms with Crippen LogP contribution in [0.15, 0.2) is 6.33 Å². The van der Waals surface area contributed by atoms with Crippen LogP contribution in [0.4, 0.5) is 11.6 Å². The molecule has 19 heavy (non-hydrogen) atoms. The van der Waals surface area contributed by atoms with Gasteiger partial charge in [0, 0.05) is 38.7 Å². The fourth-order valence-electron chi connectivity index (χ4n) is 2.77. The lowest BCUT2D eigenvalue weighted by Gasteiger charge is -2.23. The van der Waals surface area contributed by atoms with E-state index in [-0.39, 0.29) is 0 Å². The minimum Gasteiger partial charge on any atom is -0.384 e. The van der Waals surface area contributed by atoms with Crippen LogP contribution >= 0.6 is 0 Å². The second kappa shape index (κ2) is 6.19. The Kier molecular flexibility index (Phi) is 4.58. The largest absolute Gasteiger partial charge is 0.384 e. The molecule has 1 atom stereocenters. The van der Waals surface area contributed by atoms with Gasteiger partial charge in [-0.2, -0.15) is 0 Å². The fourth-order valence-corrected chi connectivity index (χ4v) is 2.77. The van der Waals surface area contributed by atoms with Crippen molar-refractivity contribution in [3.05, 3.63) is 11.9 Å². The molecule has 106 valence electrons. The lowest BCUT2D eigenvalue weighted by Crippen LogP contribution is -2.24. The summed E-state index contributed by atoms with van der Waals surface area (Å²) < 4.78 is 5.26. The Balaban J connectivity index is 2.25. The van der Waals surface area contributed by atoms with E-state index in [2.05, 4.69) is 34.0 Å². The van der Waals surface area contributed by atoms with E-state index in [9.17, 15) is 0 Å². The molecule has 5 heteroatoms. The maximum absolute atomic E-state index is 5.26. The summed E-state index contributed by atoms with van der Waals surface area (Å²) in [5, 5.41) is 3.17. The SMILES string of the molecule is CNc1ncnc(N2CCC(COC)C2)c1C(C)C. The highest BCUT2D eigenvalue weighted by Gasteiger charge is 2.27. The van der Waals surface area contributed by atoms with Gasteiger partial charge in [-0.15, -0.1) is 0 Å². The number of aromatic nitrogens is 2. The van der Waals surface area contributed by atoms with Crippen molar-refractivity contribution in [3.8, 4) is 0 Å². The van der Waals surface area contributed by atoms with Crippen LogP contribution in [0.25, 0.3) is 0 Å². The molecule has 1 aromatic rings. The van der Waals surface area contributed by atoms with E-state index in [1.165, 1.54) is 12.0 Å². The van der Waals surface area contributed by atoms with Crippen molar-refractivity contribution in [2.75, 3.05) is 44.1 Å². The molecular formula is C14H24N4O. The van der Waals surface area contributed by atoms with E-state index in [0.717, 1.165) is 31.3 Å². The van der Waals surface area contributed by atoms with E-state index in [0.29, 0.717) is 11.8 Å². The minimum atomic E-state index is 0.403. The van der Waals surface area contributed by atoms with Crippen molar-refractivity contribution in [1.82, 2.24) is 9.97 Å². The zero-order chi connectivity index (χ0) is 13.8. The number of nitrogens with zero attached hydrogens (tertiary/aromatic N) is 3. The summed E-state index contributed by atoms with van der Waals surface area (Å²) in [6.07, 6.45) is 2.82. The molecule has 5 nitrogen and oxygen atoms in total. The predicted molar refractivity (Wildman–Crippen MR) is 77.9 cm³/mol. The first-order valence-electron chi connectivity index (χ1n) is 6.93. The zero-order valence-corrected chi connectivity index (χ0v) is 12.3. The first-order chi connectivity index (χ1) is 9.17. The molecule has 0 radical (unpaired) electrons. The van der Waals surface area contributed by atoms with Gasteiger partial charge in [-0.1, -0.05) is 13.8 Å². The Morgan fingerprint density at radius 3 is 2.89 bits per heavy atom. The number of hydrogen-bond acceptors (Lipinski definition) is 5. The molecule has 0 saturated carbocycles. The van der Waals surface area contributed by atoms with Gasteiger partial charge in [0.15, 0.2) is 0 Å². The van der Waals surface area contributed by atoms with Crippen molar-refractivity contribution in [3.63, 3.8) is 0 Å². The quantitative estimate of drug-likeness (QED) is 0.882. The second-order valence-corrected chi connectivity index (χ2v) is 5.42. The highest BCUT2D eigenvalue weighted by atomic mass is 16.5. The van der Waals surface area contributed by atoms with Gasteiger partial charge in [-0.3, -0.25) is 0 Å². The maximum Gasteiger partial charge on any atom is 0.137 e. The summed E-state index contributed by atoms with van der Waals surface area (Å²) in [5.74, 6) is 3.03. The molecule has 2 rings (SSSR count). The van der Waals surface area contributed by atoms with Crippen LogP contribution in [-0.2, 0) is 4.74 Å². The molecule has 1 fully saturated rings. The molecule has 0 aliphatic carbocycles. The van der Waals surface area contributed by atoms with Gasteiger partial charge in [-0.25, -0.2) is 9.97 Å². The van der Waals surface area contributed by atoms with Crippen LogP contribution < -0.4 is 10.2 Å². The van der Waals surface area contributed by atoms with Crippen LogP contribution in [0, 0.1) is 5.92 Å². The molecule has 0 aromatic carbocycles. The topological polar surface area (TPSA) is 50.3 Å². The first-order valence-corrected chi connectivity index (χ1v) is 6.93. The molecule has 1 aromatic heterocycles. The molecular weight excluding hydrogens is 240 g/mol. The van der Waals surface area contributed by atoms with Crippen molar-refractivity contribution < 1.29 is 4.74 Å². The average Bonchev–Trinajstić information content (AvgIpc) is 2.86. The third-order valence-corrected chi connectivity index (χ3v) is 3.66. The summed E-state index contributed by atoms with van der Waals surface area (Å²) >= 11 is 0. The summed E-state index contributed by atoms with van der Waals surface area (Å²) in [7, 11) is 3.68. The first kappa shape index (κ1) is 14.1. The van der Waals surface area contributed by atoms with Gasteiger partial charge < -0.3 is 15.0 Å². The Bertz CT molecular complexity index is 422. The van der Waals surface area contributed by atoms with E-state index < -0.39 is 0 Å². The molecule has 0 bridgehead atoms. The van der Waals surface area contributed by atoms with Crippen molar-refractivity contribution in [2.24, 2.45) is 5.92 Å². The molecule has 1 unspecified atom stereocenters. The predicted octanol–water partition coefficient (Wildman–Crippen LogP) is 2.11. The van der Waals surface area contributed by atoms with Gasteiger partial charge in [0.25, 0.3) is 0 Å². The molecule has 0 spiro atoms. The van der Waals surface area contributed by atoms with Gasteiger partial charge in [0.05, 0.1) is 6.61 Å². The van der Waals surface area contributed by atoms with Crippen molar-refractivity contribution in [2.45, 2.75) is 26.2 Å². The Morgan fingerprint density at radius 1 is 1.47 bits per heavy atom. The molecule has 1 aliphatic heterocycles. The standard InChI is InChI=1S/C14H24N4O/c1-10(2)12-13(15-3)16-9-17-14(12)18-6-5-11(7-18)8-19-4/h9-11H,5-8H2,1-4H3,(H,15,16,17). The molecule has 1 aliphatic rings. The smallest absolute Gasteiger partial charge is 0.137 e. The fraction of sp³-hybridized carbons (Fsp3) is 0.714. The van der Waals surface area contributed by atoms with Gasteiger partial charge in [0.2, 0.25) is 0 Å². The minimum absolute atomic E-state index is 0.403. The van der Waals surface area contributed by atoms with Crippen molar-refractivity contribution in [1.29, 1.82) is 0 Å². The highest BCUT2D eigenvalue weighted by Crippen LogP contribution is 2.33. The number of methoxy groups -OCH3 is 1. The van der Waals surface area contributed by atoms with Crippen LogP contribution in [0.2, 0.25) is 0 Å². The van der Waals surface area contributed by atoms with E-state index in [4.69, 9.17) is 4.74 Å². The molecule has 2 heterocycles. The zero-order valence-electron chi connectivity index (χ0n) is 12.3. The van der Waals surface area contributed by atoms with Gasteiger partial charge in [0.1, 0.15) is 18.0 Å². The van der Waals surface area contributed by atoms with E-state index in [1.807, 2.05) is 7.05 Å². The third-order valence-electron chi connectivity index (χ3n) is 3.66. The second-order valence-electron chi connectivity index (χ2n) is 5.42. The molecule has 0 amide bonds. The monoisotopic (exact) mass is 264 g/mol. The molecule has 1 N–H and O–H groups in total. The number of anilines is 2. The highest BCUT2D eigenvalue weighted by molar-refractivity contribution is 5.60. The van der Waals surface area contributed by atoms with Gasteiger partial charge in [-0.05, 0) is 12.3 Å². The van der Waals surface area contributed by atoms with Crippen LogP contribution in [0.5, 0.6) is 0 Å². The normalized spacial score (nSPS) is 19.2. The lowest BCUT2D eigenvalue weighted by atomic mass is 10.0. The summed E-state index contributed by atoms with van der Waals surface area (Å²) in [6, 6.07) is 0. The van der Waals surface area contributed by atoms with E-state index in [1.54, 1.807) is 13.4 Å². The number of ether oxygens (including phenoxy) is 1. The van der Waals surface area contributed by atoms with Crippen LogP contribution in [0.3, 0.4) is 0 Å². The van der Waals surface area contributed by atoms with Crippen LogP contribution in [-0.4, -0.2) is 43.8 Å². The number of nitrogens with one attached hydrogen (secondary N) is 1. The third kappa shape index (κ3) is 2.97. The molecule has 1 saturated heterocycles. The summed E-state index contributed by atoms with van der Waals surface area (Å²) in [5.41, 5.74) is 1.21. The lowest BCUT2D eigenvalue weighted by molar-refractivity contribution is 0.161. The average molecular weight is 264 g/mol. The van der Waals surface area contributed by atoms with Gasteiger partial charge >= 0.3 is 0 Å². The Morgan fingerprint density at radius 2 is 2.26 bits per heavy atom. The number of hydrogen-bond donors (Lipinski definition) is 1. The van der Waals surface area contributed by atoms with E-state index >= 15 is 0 Å². The van der Waals surface area contributed by atoms with Crippen molar-refractivity contribution >= 4 is 11.6 Å². The number of rotatable bonds is 5. The summed E-state index contributed by atoms with van der Waals surface area (Å²) in [6.45, 7) is 7.27. The Hall–Kier alpha value is -1.36. The summed E-state index contributed by atoms with van der Waals surface area (Å²) in [4.78, 5) is 11.2. The maximum atomic E-state index is 5.26. The Labute approximate surface area is 115 Å².